The van der Waals surface area contributed by atoms with E-state index in [1.165, 1.54) is 4.90 Å². The summed E-state index contributed by atoms with van der Waals surface area (Å²) < 4.78 is 6.44. The number of rotatable bonds is 6. The van der Waals surface area contributed by atoms with Gasteiger partial charge in [-0.3, -0.25) is 9.69 Å². The second-order valence-electron chi connectivity index (χ2n) is 7.74. The first-order valence-electron chi connectivity index (χ1n) is 10.4. The van der Waals surface area contributed by atoms with Crippen LogP contribution in [0.5, 0.6) is 5.75 Å². The fourth-order valence-corrected chi connectivity index (χ4v) is 4.57. The number of urea groups is 1. The molecule has 1 N–H and O–H groups in total. The average molecular weight is 537 g/mol. The number of halogens is 2. The summed E-state index contributed by atoms with van der Waals surface area (Å²) in [7, 11) is 0. The second-order valence-corrected chi connectivity index (χ2v) is 9.00. The van der Waals surface area contributed by atoms with Crippen LogP contribution in [0.25, 0.3) is 6.08 Å². The molecule has 1 aliphatic heterocycles. The Balaban J connectivity index is 1.51. The van der Waals surface area contributed by atoms with Crippen molar-refractivity contribution in [1.82, 2.24) is 10.2 Å². The van der Waals surface area contributed by atoms with Gasteiger partial charge in [-0.1, -0.05) is 59.6 Å². The quantitative estimate of drug-likeness (QED) is 0.312. The molecule has 3 aromatic carbocycles. The first-order valence-corrected chi connectivity index (χ1v) is 11.5. The molecule has 0 aliphatic carbocycles. The van der Waals surface area contributed by atoms with E-state index in [0.29, 0.717) is 26.4 Å². The number of imide groups is 1. The second kappa shape index (κ2) is 10.1. The van der Waals surface area contributed by atoms with E-state index in [9.17, 15) is 14.9 Å². The minimum Gasteiger partial charge on any atom is -0.486 e. The van der Waals surface area contributed by atoms with Gasteiger partial charge < -0.3 is 10.1 Å². The zero-order valence-electron chi connectivity index (χ0n) is 18.1. The van der Waals surface area contributed by atoms with Crippen LogP contribution in [-0.4, -0.2) is 16.8 Å². The lowest BCUT2D eigenvalue weighted by Crippen LogP contribution is -2.30. The molecule has 34 heavy (non-hydrogen) atoms. The van der Waals surface area contributed by atoms with Crippen LogP contribution in [0.1, 0.15) is 27.8 Å². The van der Waals surface area contributed by atoms with E-state index >= 15 is 0 Å². The lowest BCUT2D eigenvalue weighted by atomic mass is 10.1. The zero-order chi connectivity index (χ0) is 24.2. The van der Waals surface area contributed by atoms with Crippen molar-refractivity contribution in [2.24, 2.45) is 0 Å². The number of nitriles is 1. The molecule has 3 amide bonds. The average Bonchev–Trinajstić information content (AvgIpc) is 3.06. The van der Waals surface area contributed by atoms with Crippen molar-refractivity contribution in [2.45, 2.75) is 20.1 Å². The van der Waals surface area contributed by atoms with Gasteiger partial charge in [-0.2, -0.15) is 5.26 Å². The molecule has 0 unspecified atom stereocenters. The Hall–Kier alpha value is -3.60. The molecule has 0 saturated carbocycles. The van der Waals surface area contributed by atoms with E-state index in [1.54, 1.807) is 30.3 Å². The minimum absolute atomic E-state index is 0.164. The topological polar surface area (TPSA) is 82.4 Å². The van der Waals surface area contributed by atoms with E-state index in [-0.39, 0.29) is 18.8 Å². The number of ether oxygens (including phenoxy) is 1. The maximum absolute atomic E-state index is 12.8. The molecule has 1 aliphatic rings. The monoisotopic (exact) mass is 535 g/mol. The number of aryl methyl sites for hydroxylation is 1. The van der Waals surface area contributed by atoms with Crippen LogP contribution in [-0.2, 0) is 17.9 Å². The molecule has 0 radical (unpaired) electrons. The Bertz CT molecular complexity index is 1340. The van der Waals surface area contributed by atoms with E-state index < -0.39 is 11.9 Å². The highest BCUT2D eigenvalue weighted by Crippen LogP contribution is 2.36. The molecular weight excluding hydrogens is 518 g/mol. The molecule has 1 saturated heterocycles. The highest BCUT2D eigenvalue weighted by atomic mass is 79.9. The zero-order valence-corrected chi connectivity index (χ0v) is 20.5. The largest absolute Gasteiger partial charge is 0.486 e. The van der Waals surface area contributed by atoms with E-state index in [0.717, 1.165) is 16.7 Å². The van der Waals surface area contributed by atoms with Crippen molar-refractivity contribution in [3.63, 3.8) is 0 Å². The first-order chi connectivity index (χ1) is 16.4. The number of carbonyl (C=O) groups is 2. The van der Waals surface area contributed by atoms with Gasteiger partial charge in [0.15, 0.2) is 5.75 Å². The summed E-state index contributed by atoms with van der Waals surface area (Å²) in [5.41, 5.74) is 3.97. The first kappa shape index (κ1) is 23.6. The molecule has 0 atom stereocenters. The highest BCUT2D eigenvalue weighted by Gasteiger charge is 2.33. The standard InChI is InChI=1S/C26H19BrClN3O3/c1-16-5-4-6-17(9-16)14-31-25(32)23(30-26(31)33)12-18-10-21(27)24(22(28)11-18)34-15-20-8-3-2-7-19(20)13-29/h2-12H,14-15H2,1H3,(H,30,33)/b23-12+. The van der Waals surface area contributed by atoms with Gasteiger partial charge in [-0.15, -0.1) is 0 Å². The lowest BCUT2D eigenvalue weighted by molar-refractivity contribution is -0.123. The van der Waals surface area contributed by atoms with Gasteiger partial charge in [0.25, 0.3) is 5.91 Å². The van der Waals surface area contributed by atoms with Gasteiger partial charge >= 0.3 is 6.03 Å². The van der Waals surface area contributed by atoms with Crippen LogP contribution in [0, 0.1) is 18.3 Å². The Labute approximate surface area is 210 Å². The van der Waals surface area contributed by atoms with Crippen molar-refractivity contribution in [3.05, 3.63) is 104 Å². The summed E-state index contributed by atoms with van der Waals surface area (Å²) in [4.78, 5) is 26.4. The number of nitrogens with one attached hydrogen (secondary N) is 1. The number of benzene rings is 3. The molecule has 0 aromatic heterocycles. The molecule has 0 spiro atoms. The molecule has 8 heteroatoms. The SMILES string of the molecule is Cc1cccc(CN2C(=O)N/C(=C/c3cc(Cl)c(OCc4ccccc4C#N)c(Br)c3)C2=O)c1. The Kier molecular flexibility index (Phi) is 7.01. The van der Waals surface area contributed by atoms with Gasteiger partial charge in [-0.05, 0) is 58.3 Å². The summed E-state index contributed by atoms with van der Waals surface area (Å²) >= 11 is 9.90. The summed E-state index contributed by atoms with van der Waals surface area (Å²) in [5, 5.41) is 12.2. The van der Waals surface area contributed by atoms with Crippen LogP contribution in [0.4, 0.5) is 4.79 Å². The maximum Gasteiger partial charge on any atom is 0.329 e. The molecule has 0 bridgehead atoms. The van der Waals surface area contributed by atoms with Crippen LogP contribution < -0.4 is 10.1 Å². The summed E-state index contributed by atoms with van der Waals surface area (Å²) in [6, 6.07) is 19.9. The predicted molar refractivity (Wildman–Crippen MR) is 133 cm³/mol. The lowest BCUT2D eigenvalue weighted by Gasteiger charge is -2.12. The normalized spacial score (nSPS) is 14.3. The number of nitrogens with zero attached hydrogens (tertiary/aromatic N) is 2. The fourth-order valence-electron chi connectivity index (χ4n) is 3.58. The smallest absolute Gasteiger partial charge is 0.329 e. The Morgan fingerprint density at radius 2 is 1.94 bits per heavy atom. The van der Waals surface area contributed by atoms with Crippen LogP contribution in [0.15, 0.2) is 70.8 Å². The van der Waals surface area contributed by atoms with E-state index in [4.69, 9.17) is 16.3 Å². The van der Waals surface area contributed by atoms with Crippen LogP contribution in [0.2, 0.25) is 5.02 Å². The number of hydrogen-bond acceptors (Lipinski definition) is 4. The predicted octanol–water partition coefficient (Wildman–Crippen LogP) is 5.95. The molecule has 1 fully saturated rings. The Morgan fingerprint density at radius 1 is 1.15 bits per heavy atom. The van der Waals surface area contributed by atoms with Gasteiger partial charge in [0.2, 0.25) is 0 Å². The molecular formula is C26H19BrClN3O3. The third kappa shape index (κ3) is 5.14. The van der Waals surface area contributed by atoms with Gasteiger partial charge in [0, 0.05) is 5.56 Å². The van der Waals surface area contributed by atoms with Crippen molar-refractivity contribution < 1.29 is 14.3 Å². The highest BCUT2D eigenvalue weighted by molar-refractivity contribution is 9.10. The molecule has 170 valence electrons. The fraction of sp³-hybridized carbons (Fsp3) is 0.115. The van der Waals surface area contributed by atoms with Gasteiger partial charge in [-0.25, -0.2) is 4.79 Å². The number of amides is 3. The minimum atomic E-state index is -0.473. The van der Waals surface area contributed by atoms with Crippen LogP contribution in [0.3, 0.4) is 0 Å². The molecule has 6 nitrogen and oxygen atoms in total. The molecule has 1 heterocycles. The van der Waals surface area contributed by atoms with E-state index in [1.807, 2.05) is 43.3 Å². The maximum atomic E-state index is 12.8. The van der Waals surface area contributed by atoms with Gasteiger partial charge in [0.1, 0.15) is 12.3 Å². The van der Waals surface area contributed by atoms with Crippen molar-refractivity contribution in [2.75, 3.05) is 0 Å². The number of carbonyl (C=O) groups excluding carboxylic acids is 2. The summed E-state index contributed by atoms with van der Waals surface area (Å²) in [5.74, 6) is 0.00612. The van der Waals surface area contributed by atoms with Gasteiger partial charge in [0.05, 0.1) is 27.7 Å². The molecule has 3 aromatic rings. The third-order valence-electron chi connectivity index (χ3n) is 5.23. The van der Waals surface area contributed by atoms with Crippen molar-refractivity contribution >= 4 is 45.5 Å². The van der Waals surface area contributed by atoms with E-state index in [2.05, 4.69) is 27.3 Å². The number of hydrogen-bond donors (Lipinski definition) is 1. The van der Waals surface area contributed by atoms with Crippen molar-refractivity contribution in [3.8, 4) is 11.8 Å². The van der Waals surface area contributed by atoms with Crippen molar-refractivity contribution in [1.29, 1.82) is 5.26 Å². The molecule has 4 rings (SSSR count). The summed E-state index contributed by atoms with van der Waals surface area (Å²) in [6.07, 6.45) is 1.57. The third-order valence-corrected chi connectivity index (χ3v) is 6.10. The van der Waals surface area contributed by atoms with Crippen LogP contribution >= 0.6 is 27.5 Å². The Morgan fingerprint density at radius 3 is 2.68 bits per heavy atom. The summed E-state index contributed by atoms with van der Waals surface area (Å²) in [6.45, 7) is 2.31.